The van der Waals surface area contributed by atoms with Crippen LogP contribution in [0.15, 0.2) is 42.5 Å². The second kappa shape index (κ2) is 9.28. The van der Waals surface area contributed by atoms with Gasteiger partial charge in [0.25, 0.3) is 5.91 Å². The molecule has 0 saturated heterocycles. The summed E-state index contributed by atoms with van der Waals surface area (Å²) in [7, 11) is 2.93. The largest absolute Gasteiger partial charge is 0.496 e. The van der Waals surface area contributed by atoms with Crippen LogP contribution in [0.1, 0.15) is 33.7 Å². The van der Waals surface area contributed by atoms with Gasteiger partial charge in [0, 0.05) is 29.1 Å². The number of primary amides is 1. The van der Waals surface area contributed by atoms with E-state index in [9.17, 15) is 9.59 Å². The number of carbonyl (C=O) groups excluding carboxylic acids is 2. The first-order chi connectivity index (χ1) is 15.9. The van der Waals surface area contributed by atoms with E-state index in [0.717, 1.165) is 16.8 Å². The van der Waals surface area contributed by atoms with E-state index in [1.54, 1.807) is 7.11 Å². The Hall–Kier alpha value is -3.94. The molecule has 4 rings (SSSR count). The lowest BCUT2D eigenvalue weighted by Crippen LogP contribution is -2.13. The number of methoxy groups -OCH3 is 2. The van der Waals surface area contributed by atoms with Crippen molar-refractivity contribution in [3.05, 3.63) is 65.0 Å². The average molecular weight is 450 g/mol. The molecule has 1 aliphatic rings. The molecule has 0 fully saturated rings. The molecule has 1 aromatic heterocycles. The van der Waals surface area contributed by atoms with E-state index in [-0.39, 0.29) is 19.2 Å². The number of benzene rings is 2. The molecule has 0 bridgehead atoms. The highest BCUT2D eigenvalue weighted by Crippen LogP contribution is 2.39. The maximum Gasteiger partial charge on any atom is 0.305 e. The summed E-state index contributed by atoms with van der Waals surface area (Å²) in [6.07, 6.45) is 0.514. The molecule has 1 amide bonds. The Morgan fingerprint density at radius 3 is 2.58 bits per heavy atom. The van der Waals surface area contributed by atoms with E-state index in [0.29, 0.717) is 47.0 Å². The van der Waals surface area contributed by atoms with E-state index < -0.39 is 5.91 Å². The van der Waals surface area contributed by atoms with Crippen LogP contribution in [-0.4, -0.2) is 37.5 Å². The zero-order valence-electron chi connectivity index (χ0n) is 18.8. The van der Waals surface area contributed by atoms with Gasteiger partial charge in [0.15, 0.2) is 11.5 Å². The topological polar surface area (TPSA) is 102 Å². The predicted molar refractivity (Wildman–Crippen MR) is 122 cm³/mol. The van der Waals surface area contributed by atoms with Crippen LogP contribution in [0.2, 0.25) is 0 Å². The number of ether oxygens (including phenoxy) is 4. The second-order valence-electron chi connectivity index (χ2n) is 7.70. The first-order valence-electron chi connectivity index (χ1n) is 10.5. The van der Waals surface area contributed by atoms with Gasteiger partial charge in [-0.05, 0) is 37.1 Å². The van der Waals surface area contributed by atoms with Crippen LogP contribution in [0.25, 0.3) is 11.1 Å². The van der Waals surface area contributed by atoms with Gasteiger partial charge in [0.1, 0.15) is 5.75 Å². The summed E-state index contributed by atoms with van der Waals surface area (Å²) in [4.78, 5) is 24.6. The van der Waals surface area contributed by atoms with Crippen LogP contribution < -0.4 is 19.9 Å². The fraction of sp³-hybridized carbons (Fsp3) is 0.280. The van der Waals surface area contributed by atoms with Crippen molar-refractivity contribution >= 4 is 11.9 Å². The Morgan fingerprint density at radius 2 is 1.85 bits per heavy atom. The number of rotatable bonds is 8. The molecule has 2 N–H and O–H groups in total. The number of nitrogens with two attached hydrogens (primary N) is 1. The predicted octanol–water partition coefficient (Wildman–Crippen LogP) is 3.45. The van der Waals surface area contributed by atoms with Gasteiger partial charge in [0.2, 0.25) is 6.79 Å². The van der Waals surface area contributed by atoms with Gasteiger partial charge >= 0.3 is 5.97 Å². The first kappa shape index (κ1) is 22.3. The second-order valence-corrected chi connectivity index (χ2v) is 7.70. The van der Waals surface area contributed by atoms with Gasteiger partial charge < -0.3 is 29.2 Å². The summed E-state index contributed by atoms with van der Waals surface area (Å²) >= 11 is 0. The van der Waals surface area contributed by atoms with Crippen LogP contribution in [0, 0.1) is 6.92 Å². The number of amides is 1. The van der Waals surface area contributed by atoms with Crippen LogP contribution in [0.5, 0.6) is 17.2 Å². The molecule has 33 heavy (non-hydrogen) atoms. The zero-order chi connectivity index (χ0) is 23.5. The van der Waals surface area contributed by atoms with E-state index in [2.05, 4.69) is 0 Å². The number of esters is 1. The Bertz CT molecular complexity index is 1210. The number of hydrogen-bond acceptors (Lipinski definition) is 6. The van der Waals surface area contributed by atoms with Crippen LogP contribution in [0.4, 0.5) is 0 Å². The molecule has 1 aliphatic heterocycles. The minimum Gasteiger partial charge on any atom is -0.496 e. The Balaban J connectivity index is 1.89. The Morgan fingerprint density at radius 1 is 1.09 bits per heavy atom. The van der Waals surface area contributed by atoms with Crippen molar-refractivity contribution in [1.82, 2.24) is 4.57 Å². The van der Waals surface area contributed by atoms with Gasteiger partial charge in [0.05, 0.1) is 26.2 Å². The molecule has 2 heterocycles. The number of para-hydroxylation sites is 1. The van der Waals surface area contributed by atoms with Gasteiger partial charge in [-0.1, -0.05) is 24.3 Å². The third-order valence-corrected chi connectivity index (χ3v) is 5.83. The quantitative estimate of drug-likeness (QED) is 0.528. The van der Waals surface area contributed by atoms with Gasteiger partial charge in [-0.25, -0.2) is 0 Å². The maximum absolute atomic E-state index is 12.6. The Labute approximate surface area is 191 Å². The first-order valence-corrected chi connectivity index (χ1v) is 10.5. The van der Waals surface area contributed by atoms with Crippen LogP contribution >= 0.6 is 0 Å². The molecule has 172 valence electrons. The molecule has 0 atom stereocenters. The molecule has 2 aromatic carbocycles. The number of fused-ring (bicyclic) bond motifs is 1. The number of hydrogen-bond donors (Lipinski definition) is 1. The lowest BCUT2D eigenvalue weighted by atomic mass is 9.97. The van der Waals surface area contributed by atoms with Crippen molar-refractivity contribution in [3.63, 3.8) is 0 Å². The number of aromatic nitrogens is 1. The summed E-state index contributed by atoms with van der Waals surface area (Å²) in [5.74, 6) is 1.10. The van der Waals surface area contributed by atoms with Crippen molar-refractivity contribution < 1.29 is 28.5 Å². The molecule has 0 unspecified atom stereocenters. The molecular formula is C25H26N2O6. The third kappa shape index (κ3) is 4.24. The highest BCUT2D eigenvalue weighted by molar-refractivity contribution is 6.03. The minimum atomic E-state index is -0.544. The summed E-state index contributed by atoms with van der Waals surface area (Å²) < 4.78 is 23.4. The lowest BCUT2D eigenvalue weighted by Gasteiger charge is -2.15. The van der Waals surface area contributed by atoms with Crippen LogP contribution in [0.3, 0.4) is 0 Å². The van der Waals surface area contributed by atoms with E-state index in [1.807, 2.05) is 54.0 Å². The zero-order valence-corrected chi connectivity index (χ0v) is 18.8. The van der Waals surface area contributed by atoms with E-state index >= 15 is 0 Å². The van der Waals surface area contributed by atoms with E-state index in [4.69, 9.17) is 24.7 Å². The van der Waals surface area contributed by atoms with Crippen LogP contribution in [-0.2, 0) is 22.5 Å². The summed E-state index contributed by atoms with van der Waals surface area (Å²) in [6.45, 7) is 2.50. The van der Waals surface area contributed by atoms with Gasteiger partial charge in [-0.2, -0.15) is 0 Å². The summed E-state index contributed by atoms with van der Waals surface area (Å²) in [5, 5.41) is 0. The van der Waals surface area contributed by atoms with Crippen molar-refractivity contribution in [2.24, 2.45) is 5.73 Å². The molecular weight excluding hydrogens is 424 g/mol. The monoisotopic (exact) mass is 450 g/mol. The molecule has 3 aromatic rings. The van der Waals surface area contributed by atoms with Crippen molar-refractivity contribution in [3.8, 4) is 28.4 Å². The fourth-order valence-corrected chi connectivity index (χ4v) is 4.26. The van der Waals surface area contributed by atoms with Gasteiger partial charge in [-0.3, -0.25) is 9.59 Å². The standard InChI is InChI=1S/C25H26N2O6/c1-15-23(25(26)29)24(17-6-4-5-7-19(17)30-2)18(9-11-22(28)31-3)27(15)13-16-8-10-20-21(12-16)33-14-32-20/h4-8,10,12H,9,11,13-14H2,1-3H3,(H2,26,29). The van der Waals surface area contributed by atoms with E-state index in [1.165, 1.54) is 7.11 Å². The normalized spacial score (nSPS) is 12.0. The number of carbonyl (C=O) groups is 2. The highest BCUT2D eigenvalue weighted by Gasteiger charge is 2.27. The maximum atomic E-state index is 12.6. The lowest BCUT2D eigenvalue weighted by molar-refractivity contribution is -0.140. The molecule has 0 radical (unpaired) electrons. The third-order valence-electron chi connectivity index (χ3n) is 5.83. The minimum absolute atomic E-state index is 0.154. The smallest absolute Gasteiger partial charge is 0.305 e. The molecule has 0 aliphatic carbocycles. The fourth-order valence-electron chi connectivity index (χ4n) is 4.26. The highest BCUT2D eigenvalue weighted by atomic mass is 16.7. The van der Waals surface area contributed by atoms with Crippen molar-refractivity contribution in [2.45, 2.75) is 26.3 Å². The Kier molecular flexibility index (Phi) is 6.26. The average Bonchev–Trinajstić information content (AvgIpc) is 3.39. The summed E-state index contributed by atoms with van der Waals surface area (Å²) in [5.41, 5.74) is 10.1. The van der Waals surface area contributed by atoms with Crippen molar-refractivity contribution in [1.29, 1.82) is 0 Å². The van der Waals surface area contributed by atoms with Crippen molar-refractivity contribution in [2.75, 3.05) is 21.0 Å². The SMILES string of the molecule is COC(=O)CCc1c(-c2ccccc2OC)c(C(N)=O)c(C)n1Cc1ccc2c(c1)OCO2. The molecule has 8 nitrogen and oxygen atoms in total. The number of nitrogens with zero attached hydrogens (tertiary/aromatic N) is 1. The molecule has 0 spiro atoms. The summed E-state index contributed by atoms with van der Waals surface area (Å²) in [6, 6.07) is 13.2. The van der Waals surface area contributed by atoms with Gasteiger partial charge in [-0.15, -0.1) is 0 Å². The molecule has 8 heteroatoms. The molecule has 0 saturated carbocycles.